The molecular weight excluding hydrogens is 454 g/mol. The summed E-state index contributed by atoms with van der Waals surface area (Å²) in [6.07, 6.45) is 5.43. The number of hydrogen-bond acceptors (Lipinski definition) is 6. The van der Waals surface area contributed by atoms with E-state index < -0.39 is 5.91 Å². The molecule has 0 spiro atoms. The van der Waals surface area contributed by atoms with E-state index in [1.807, 2.05) is 19.1 Å². The van der Waals surface area contributed by atoms with Gasteiger partial charge in [0.15, 0.2) is 5.78 Å². The Balaban J connectivity index is 1.45. The van der Waals surface area contributed by atoms with Crippen molar-refractivity contribution >= 4 is 29.1 Å². The Kier molecular flexibility index (Phi) is 7.07. The molecule has 4 rings (SSSR count). The molecule has 0 aliphatic carbocycles. The van der Waals surface area contributed by atoms with E-state index >= 15 is 0 Å². The molecule has 2 amide bonds. The first-order valence-corrected chi connectivity index (χ1v) is 12.7. The fourth-order valence-electron chi connectivity index (χ4n) is 5.15. The number of aromatic nitrogens is 1. The fraction of sp³-hybridized carbons (Fsp3) is 0.500. The van der Waals surface area contributed by atoms with E-state index in [0.29, 0.717) is 34.5 Å². The lowest BCUT2D eigenvalue weighted by Gasteiger charge is -2.40. The molecule has 2 aliphatic heterocycles. The first-order valence-electron chi connectivity index (χ1n) is 12.7. The Morgan fingerprint density at radius 3 is 2.22 bits per heavy atom. The van der Waals surface area contributed by atoms with Gasteiger partial charge >= 0.3 is 0 Å². The molecule has 4 N–H and O–H groups in total. The lowest BCUT2D eigenvalue weighted by atomic mass is 9.87. The number of fused-ring (bicyclic) bond motifs is 2. The molecule has 2 aliphatic rings. The summed E-state index contributed by atoms with van der Waals surface area (Å²) in [5.41, 5.74) is 7.61. The molecule has 2 saturated heterocycles. The van der Waals surface area contributed by atoms with Crippen molar-refractivity contribution in [1.29, 1.82) is 0 Å². The van der Waals surface area contributed by atoms with Crippen LogP contribution in [0.3, 0.4) is 0 Å². The third kappa shape index (κ3) is 5.37. The minimum atomic E-state index is -0.528. The monoisotopic (exact) mass is 491 g/mol. The SMILES string of the molecule is CC(=O)c1ccc(N2C3CCC2CC(NC(=O)c2ccc(C(N)=O)c(NC(C)C(C)(C)C)c2)C3)nc1. The summed E-state index contributed by atoms with van der Waals surface area (Å²) in [5.74, 6) is 0.218. The molecule has 2 aromatic rings. The van der Waals surface area contributed by atoms with Crippen molar-refractivity contribution in [2.75, 3.05) is 10.2 Å². The maximum absolute atomic E-state index is 13.2. The standard InChI is InChI=1S/C28H37N5O3/c1-16(34)19-7-11-25(30-15-19)33-21-8-9-22(33)14-20(13-21)32-27(36)18-6-10-23(26(29)35)24(12-18)31-17(2)28(3,4)5/h6-7,10-12,15,17,20-22,31H,8-9,13-14H2,1-5H3,(H2,29,35)(H,32,36). The van der Waals surface area contributed by atoms with Gasteiger partial charge in [-0.05, 0) is 75.3 Å². The molecule has 0 radical (unpaired) electrons. The van der Waals surface area contributed by atoms with Gasteiger partial charge in [0, 0.05) is 47.2 Å². The molecule has 8 heteroatoms. The number of benzene rings is 1. The predicted molar refractivity (Wildman–Crippen MR) is 142 cm³/mol. The molecule has 2 fully saturated rings. The van der Waals surface area contributed by atoms with E-state index in [2.05, 4.69) is 41.3 Å². The van der Waals surface area contributed by atoms with Crippen molar-refractivity contribution in [2.24, 2.45) is 11.1 Å². The molecule has 2 bridgehead atoms. The number of anilines is 2. The van der Waals surface area contributed by atoms with Crippen molar-refractivity contribution in [1.82, 2.24) is 10.3 Å². The van der Waals surface area contributed by atoms with Gasteiger partial charge in [0.25, 0.3) is 11.8 Å². The van der Waals surface area contributed by atoms with Gasteiger partial charge in [0.05, 0.1) is 5.56 Å². The summed E-state index contributed by atoms with van der Waals surface area (Å²) in [5, 5.41) is 6.59. The molecule has 192 valence electrons. The van der Waals surface area contributed by atoms with E-state index in [1.165, 1.54) is 0 Å². The van der Waals surface area contributed by atoms with Crippen molar-refractivity contribution in [3.63, 3.8) is 0 Å². The zero-order valence-electron chi connectivity index (χ0n) is 21.8. The second-order valence-corrected chi connectivity index (χ2v) is 11.3. The highest BCUT2D eigenvalue weighted by Crippen LogP contribution is 2.38. The first-order chi connectivity index (χ1) is 16.9. The van der Waals surface area contributed by atoms with Gasteiger partial charge in [-0.25, -0.2) is 4.98 Å². The highest BCUT2D eigenvalue weighted by atomic mass is 16.2. The average Bonchev–Trinajstić information content (AvgIpc) is 3.08. The predicted octanol–water partition coefficient (Wildman–Crippen LogP) is 4.16. The summed E-state index contributed by atoms with van der Waals surface area (Å²) in [4.78, 5) is 43.7. The summed E-state index contributed by atoms with van der Waals surface area (Å²) >= 11 is 0. The highest BCUT2D eigenvalue weighted by Gasteiger charge is 2.41. The Labute approximate surface area is 213 Å². The van der Waals surface area contributed by atoms with Gasteiger partial charge in [-0.1, -0.05) is 20.8 Å². The van der Waals surface area contributed by atoms with E-state index in [0.717, 1.165) is 31.5 Å². The van der Waals surface area contributed by atoms with Crippen LogP contribution in [0.25, 0.3) is 0 Å². The number of hydrogen-bond donors (Lipinski definition) is 3. The van der Waals surface area contributed by atoms with Gasteiger partial charge in [-0.15, -0.1) is 0 Å². The van der Waals surface area contributed by atoms with Gasteiger partial charge in [0.1, 0.15) is 5.82 Å². The minimum Gasteiger partial charge on any atom is -0.381 e. The molecule has 1 aromatic carbocycles. The number of amides is 2. The Morgan fingerprint density at radius 1 is 1.06 bits per heavy atom. The van der Waals surface area contributed by atoms with Crippen LogP contribution in [0.4, 0.5) is 11.5 Å². The lowest BCUT2D eigenvalue weighted by Crippen LogP contribution is -2.50. The number of primary amides is 1. The third-order valence-electron chi connectivity index (χ3n) is 7.71. The number of carbonyl (C=O) groups excluding carboxylic acids is 3. The van der Waals surface area contributed by atoms with E-state index in [-0.39, 0.29) is 29.2 Å². The van der Waals surface area contributed by atoms with Gasteiger partial charge < -0.3 is 21.3 Å². The molecule has 8 nitrogen and oxygen atoms in total. The van der Waals surface area contributed by atoms with Gasteiger partial charge in [-0.3, -0.25) is 14.4 Å². The van der Waals surface area contributed by atoms with Crippen LogP contribution in [0, 0.1) is 5.41 Å². The van der Waals surface area contributed by atoms with Crippen LogP contribution in [0.15, 0.2) is 36.5 Å². The van der Waals surface area contributed by atoms with Crippen LogP contribution in [0.1, 0.15) is 91.4 Å². The van der Waals surface area contributed by atoms with E-state index in [1.54, 1.807) is 31.3 Å². The number of pyridine rings is 1. The Hall–Kier alpha value is -3.42. The van der Waals surface area contributed by atoms with Crippen molar-refractivity contribution < 1.29 is 14.4 Å². The quantitative estimate of drug-likeness (QED) is 0.501. The van der Waals surface area contributed by atoms with Crippen LogP contribution < -0.4 is 21.3 Å². The summed E-state index contributed by atoms with van der Waals surface area (Å²) in [6.45, 7) is 9.92. The molecule has 1 aromatic heterocycles. The smallest absolute Gasteiger partial charge is 0.251 e. The first kappa shape index (κ1) is 25.7. The van der Waals surface area contributed by atoms with Crippen molar-refractivity contribution in [3.05, 3.63) is 53.2 Å². The normalized spacial score (nSPS) is 22.1. The summed E-state index contributed by atoms with van der Waals surface area (Å²) < 4.78 is 0. The molecule has 3 unspecified atom stereocenters. The number of rotatable bonds is 7. The van der Waals surface area contributed by atoms with Crippen LogP contribution in [0.2, 0.25) is 0 Å². The van der Waals surface area contributed by atoms with Crippen molar-refractivity contribution in [2.45, 2.75) is 84.5 Å². The summed E-state index contributed by atoms with van der Waals surface area (Å²) in [7, 11) is 0. The largest absolute Gasteiger partial charge is 0.381 e. The lowest BCUT2D eigenvalue weighted by molar-refractivity contribution is 0.0924. The topological polar surface area (TPSA) is 117 Å². The third-order valence-corrected chi connectivity index (χ3v) is 7.71. The number of nitrogens with two attached hydrogens (primary N) is 1. The molecule has 3 heterocycles. The highest BCUT2D eigenvalue weighted by molar-refractivity contribution is 6.02. The van der Waals surface area contributed by atoms with Crippen molar-refractivity contribution in [3.8, 4) is 0 Å². The van der Waals surface area contributed by atoms with Crippen LogP contribution in [-0.2, 0) is 0 Å². The maximum atomic E-state index is 13.2. The van der Waals surface area contributed by atoms with Crippen LogP contribution in [-0.4, -0.2) is 46.7 Å². The maximum Gasteiger partial charge on any atom is 0.251 e. The zero-order chi connectivity index (χ0) is 26.2. The fourth-order valence-corrected chi connectivity index (χ4v) is 5.15. The molecule has 36 heavy (non-hydrogen) atoms. The second kappa shape index (κ2) is 9.91. The second-order valence-electron chi connectivity index (χ2n) is 11.3. The molecule has 3 atom stereocenters. The molecular formula is C28H37N5O3. The minimum absolute atomic E-state index is 0.00789. The number of piperidine rings is 1. The Bertz CT molecular complexity index is 1140. The summed E-state index contributed by atoms with van der Waals surface area (Å²) in [6, 6.07) is 9.48. The van der Waals surface area contributed by atoms with E-state index in [4.69, 9.17) is 5.73 Å². The number of nitrogens with one attached hydrogen (secondary N) is 2. The van der Waals surface area contributed by atoms with Gasteiger partial charge in [-0.2, -0.15) is 0 Å². The van der Waals surface area contributed by atoms with Crippen LogP contribution >= 0.6 is 0 Å². The Morgan fingerprint density at radius 2 is 1.69 bits per heavy atom. The zero-order valence-corrected chi connectivity index (χ0v) is 21.8. The number of nitrogens with zero attached hydrogens (tertiary/aromatic N) is 2. The van der Waals surface area contributed by atoms with E-state index in [9.17, 15) is 14.4 Å². The number of Topliss-reactive ketones (excluding diaryl/α,β-unsaturated/α-hetero) is 1. The van der Waals surface area contributed by atoms with Gasteiger partial charge in [0.2, 0.25) is 0 Å². The molecule has 0 saturated carbocycles. The van der Waals surface area contributed by atoms with Crippen LogP contribution in [0.5, 0.6) is 0 Å². The number of ketones is 1. The number of carbonyl (C=O) groups is 3. The average molecular weight is 492 g/mol.